The molecular weight excluding hydrogens is 480 g/mol. The van der Waals surface area contributed by atoms with Crippen LogP contribution in [0.25, 0.3) is 0 Å². The van der Waals surface area contributed by atoms with Gasteiger partial charge in [0, 0.05) is 25.2 Å². The Bertz CT molecular complexity index is 665. The first-order valence-electron chi connectivity index (χ1n) is 15.7. The Morgan fingerprint density at radius 2 is 0.750 bits per heavy atom. The predicted octanol–water partition coefficient (Wildman–Crippen LogP) is 5.90. The van der Waals surface area contributed by atoms with E-state index in [1.165, 1.54) is 103 Å². The van der Waals surface area contributed by atoms with E-state index in [2.05, 4.69) is 21.3 Å². The number of nitrogens with one attached hydrogen (secondary N) is 4. The van der Waals surface area contributed by atoms with Crippen LogP contribution in [0.3, 0.4) is 0 Å². The van der Waals surface area contributed by atoms with Crippen LogP contribution in [0.4, 0.5) is 0 Å². The number of rotatable bonds is 11. The summed E-state index contributed by atoms with van der Waals surface area (Å²) < 4.78 is 0. The molecule has 0 saturated heterocycles. The van der Waals surface area contributed by atoms with E-state index in [-0.39, 0.29) is 0 Å². The SMILES string of the molecule is S=C(NCCCCCCCCNC(=S)NC1C2CC3CC(C2)CC1C3)NC1C2CC3CC(C2)CC1C3. The first-order valence-corrected chi connectivity index (χ1v) is 16.5. The Hall–Kier alpha value is -0.620. The van der Waals surface area contributed by atoms with Crippen LogP contribution in [0.1, 0.15) is 103 Å². The van der Waals surface area contributed by atoms with E-state index in [1.807, 2.05) is 0 Å². The Balaban J connectivity index is 0.757. The summed E-state index contributed by atoms with van der Waals surface area (Å²) in [5.74, 6) is 7.67. The molecule has 0 aliphatic heterocycles. The van der Waals surface area contributed by atoms with Crippen molar-refractivity contribution in [2.75, 3.05) is 13.1 Å². The zero-order chi connectivity index (χ0) is 24.5. The first-order chi connectivity index (χ1) is 17.6. The van der Waals surface area contributed by atoms with E-state index in [4.69, 9.17) is 24.4 Å². The van der Waals surface area contributed by atoms with Crippen LogP contribution in [-0.4, -0.2) is 35.4 Å². The molecular formula is C30H50N4S2. The molecule has 6 heteroatoms. The first kappa shape index (κ1) is 25.6. The number of hydrogen-bond acceptors (Lipinski definition) is 2. The molecule has 4 nitrogen and oxygen atoms in total. The summed E-state index contributed by atoms with van der Waals surface area (Å²) >= 11 is 11.3. The Morgan fingerprint density at radius 1 is 0.444 bits per heavy atom. The minimum atomic E-state index is 0.655. The van der Waals surface area contributed by atoms with Crippen molar-refractivity contribution in [3.8, 4) is 0 Å². The molecule has 4 N–H and O–H groups in total. The van der Waals surface area contributed by atoms with Crippen molar-refractivity contribution in [2.45, 2.75) is 115 Å². The van der Waals surface area contributed by atoms with E-state index < -0.39 is 0 Å². The highest BCUT2D eigenvalue weighted by Gasteiger charge is 2.49. The zero-order valence-corrected chi connectivity index (χ0v) is 24.0. The van der Waals surface area contributed by atoms with Crippen LogP contribution in [-0.2, 0) is 0 Å². The van der Waals surface area contributed by atoms with Gasteiger partial charge in [0.25, 0.3) is 0 Å². The van der Waals surface area contributed by atoms with E-state index in [0.29, 0.717) is 12.1 Å². The van der Waals surface area contributed by atoms with E-state index in [0.717, 1.165) is 70.7 Å². The third kappa shape index (κ3) is 6.00. The van der Waals surface area contributed by atoms with Crippen LogP contribution < -0.4 is 21.3 Å². The lowest BCUT2D eigenvalue weighted by molar-refractivity contribution is -0.00696. The summed E-state index contributed by atoms with van der Waals surface area (Å²) in [5.41, 5.74) is 0. The van der Waals surface area contributed by atoms with Gasteiger partial charge < -0.3 is 21.3 Å². The molecule has 8 fully saturated rings. The summed E-state index contributed by atoms with van der Waals surface area (Å²) in [5, 5.41) is 16.3. The maximum absolute atomic E-state index is 5.66. The van der Waals surface area contributed by atoms with Crippen molar-refractivity contribution in [2.24, 2.45) is 47.3 Å². The van der Waals surface area contributed by atoms with Crippen LogP contribution in [0.5, 0.6) is 0 Å². The van der Waals surface area contributed by atoms with Crippen LogP contribution in [0.2, 0.25) is 0 Å². The smallest absolute Gasteiger partial charge is 0.166 e. The highest BCUT2D eigenvalue weighted by molar-refractivity contribution is 7.80. The van der Waals surface area contributed by atoms with Gasteiger partial charge in [-0.2, -0.15) is 0 Å². The van der Waals surface area contributed by atoms with Crippen molar-refractivity contribution in [1.29, 1.82) is 0 Å². The summed E-state index contributed by atoms with van der Waals surface area (Å²) in [6.45, 7) is 2.04. The van der Waals surface area contributed by atoms with Gasteiger partial charge in [0.1, 0.15) is 0 Å². The van der Waals surface area contributed by atoms with Crippen molar-refractivity contribution in [3.05, 3.63) is 0 Å². The van der Waals surface area contributed by atoms with Gasteiger partial charge in [0.2, 0.25) is 0 Å². The van der Waals surface area contributed by atoms with Crippen molar-refractivity contribution >= 4 is 34.7 Å². The second-order valence-corrected chi connectivity index (χ2v) is 14.7. The molecule has 0 heterocycles. The number of thiocarbonyl (C=S) groups is 2. The molecule has 0 aromatic heterocycles. The van der Waals surface area contributed by atoms with Gasteiger partial charge >= 0.3 is 0 Å². The molecule has 0 unspecified atom stereocenters. The quantitative estimate of drug-likeness (QED) is 0.197. The molecule has 0 spiro atoms. The largest absolute Gasteiger partial charge is 0.363 e. The molecule has 8 aliphatic rings. The Morgan fingerprint density at radius 3 is 1.08 bits per heavy atom. The lowest BCUT2D eigenvalue weighted by Crippen LogP contribution is -2.57. The molecule has 0 aromatic carbocycles. The molecule has 8 bridgehead atoms. The summed E-state index contributed by atoms with van der Waals surface area (Å²) in [7, 11) is 0. The lowest BCUT2D eigenvalue weighted by Gasteiger charge is -2.54. The van der Waals surface area contributed by atoms with Gasteiger partial charge in [-0.1, -0.05) is 25.7 Å². The van der Waals surface area contributed by atoms with Gasteiger partial charge in [-0.3, -0.25) is 0 Å². The van der Waals surface area contributed by atoms with E-state index in [1.54, 1.807) is 0 Å². The molecule has 0 atom stereocenters. The normalized spacial score (nSPS) is 41.3. The van der Waals surface area contributed by atoms with Crippen molar-refractivity contribution in [1.82, 2.24) is 21.3 Å². The average Bonchev–Trinajstić information content (AvgIpc) is 2.84. The van der Waals surface area contributed by atoms with E-state index >= 15 is 0 Å². The summed E-state index contributed by atoms with van der Waals surface area (Å²) in [6.07, 6.45) is 22.4. The second kappa shape index (κ2) is 11.6. The molecule has 202 valence electrons. The maximum Gasteiger partial charge on any atom is 0.166 e. The van der Waals surface area contributed by atoms with Crippen molar-refractivity contribution in [3.63, 3.8) is 0 Å². The average molecular weight is 531 g/mol. The zero-order valence-electron chi connectivity index (χ0n) is 22.3. The van der Waals surface area contributed by atoms with Crippen molar-refractivity contribution < 1.29 is 0 Å². The Labute approximate surface area is 230 Å². The standard InChI is InChI=1S/C30H50N4S2/c35-29(33-27-23-11-19-9-20(13-23)14-24(27)12-19)31-7-5-3-1-2-4-6-8-32-30(36)34-28-25-15-21-10-22(17-25)18-26(28)16-21/h19-28H,1-18H2,(H2,31,33,35)(H2,32,34,36). The van der Waals surface area contributed by atoms with E-state index in [9.17, 15) is 0 Å². The third-order valence-electron chi connectivity index (χ3n) is 11.2. The lowest BCUT2D eigenvalue weighted by atomic mass is 9.54. The number of hydrogen-bond donors (Lipinski definition) is 4. The van der Waals surface area contributed by atoms with Gasteiger partial charge in [-0.15, -0.1) is 0 Å². The summed E-state index contributed by atoms with van der Waals surface area (Å²) in [6, 6.07) is 1.31. The maximum atomic E-state index is 5.66. The second-order valence-electron chi connectivity index (χ2n) is 13.8. The molecule has 36 heavy (non-hydrogen) atoms. The third-order valence-corrected chi connectivity index (χ3v) is 11.7. The van der Waals surface area contributed by atoms with Gasteiger partial charge in [0.15, 0.2) is 10.2 Å². The molecule has 8 rings (SSSR count). The highest BCUT2D eigenvalue weighted by atomic mass is 32.1. The molecule has 8 aliphatic carbocycles. The van der Waals surface area contributed by atoms with Crippen LogP contribution >= 0.6 is 24.4 Å². The van der Waals surface area contributed by atoms with Gasteiger partial charge in [0.05, 0.1) is 0 Å². The minimum Gasteiger partial charge on any atom is -0.363 e. The highest BCUT2D eigenvalue weighted by Crippen LogP contribution is 2.54. The van der Waals surface area contributed by atoms with Gasteiger partial charge in [-0.05, 0) is 149 Å². The summed E-state index contributed by atoms with van der Waals surface area (Å²) in [4.78, 5) is 0. The fourth-order valence-electron chi connectivity index (χ4n) is 10.1. The van der Waals surface area contributed by atoms with Gasteiger partial charge in [-0.25, -0.2) is 0 Å². The topological polar surface area (TPSA) is 48.1 Å². The predicted molar refractivity (Wildman–Crippen MR) is 157 cm³/mol. The van der Waals surface area contributed by atoms with Crippen LogP contribution in [0, 0.1) is 47.3 Å². The monoisotopic (exact) mass is 530 g/mol. The fourth-order valence-corrected chi connectivity index (χ4v) is 10.6. The molecule has 0 amide bonds. The van der Waals surface area contributed by atoms with Crippen LogP contribution in [0.15, 0.2) is 0 Å². The minimum absolute atomic E-state index is 0.655. The molecule has 0 radical (unpaired) electrons. The fraction of sp³-hybridized carbons (Fsp3) is 0.933. The molecule has 0 aromatic rings. The number of unbranched alkanes of at least 4 members (excludes halogenated alkanes) is 5. The Kier molecular flexibility index (Phi) is 8.29. The molecule has 8 saturated carbocycles.